The van der Waals surface area contributed by atoms with Crippen LogP contribution in [-0.2, 0) is 12.5 Å². The number of rotatable bonds is 3. The van der Waals surface area contributed by atoms with Gasteiger partial charge in [0.15, 0.2) is 0 Å². The Morgan fingerprint density at radius 1 is 0.628 bits per heavy atom. The van der Waals surface area contributed by atoms with Crippen molar-refractivity contribution in [2.24, 2.45) is 7.05 Å². The molecule has 43 heavy (non-hydrogen) atoms. The first kappa shape index (κ1) is 27.6. The van der Waals surface area contributed by atoms with Crippen LogP contribution in [-0.4, -0.2) is 12.6 Å². The van der Waals surface area contributed by atoms with Crippen molar-refractivity contribution >= 4 is 56.7 Å². The van der Waals surface area contributed by atoms with Crippen molar-refractivity contribution in [3.63, 3.8) is 0 Å². The van der Waals surface area contributed by atoms with Gasteiger partial charge in [0, 0.05) is 22.9 Å². The topological polar surface area (TPSA) is 8.81 Å². The molecule has 0 aliphatic rings. The SMILES string of the molecule is Cc1c(-c2cc(-n3c4ccccc4c4cc([Si](C)(C)C)ccc43)c3ccccc3[n+]2C)cc(C(C)(C)C)c2ccccc12. The molecular formula is C40H41N2Si+. The number of hydrogen-bond acceptors (Lipinski definition) is 0. The number of nitrogens with zero attached hydrogens (tertiary/aromatic N) is 2. The van der Waals surface area contributed by atoms with Crippen LogP contribution >= 0.6 is 0 Å². The molecule has 2 nitrogen and oxygen atoms in total. The van der Waals surface area contributed by atoms with Gasteiger partial charge in [-0.15, -0.1) is 0 Å². The molecule has 0 saturated carbocycles. The molecule has 0 aliphatic heterocycles. The Balaban J connectivity index is 1.62. The second kappa shape index (κ2) is 9.65. The maximum Gasteiger partial charge on any atom is 0.215 e. The Morgan fingerprint density at radius 3 is 1.93 bits per heavy atom. The zero-order valence-corrected chi connectivity index (χ0v) is 27.7. The molecule has 0 spiro atoms. The molecule has 7 aromatic rings. The molecule has 0 aliphatic carbocycles. The Labute approximate surface area is 256 Å². The molecule has 2 aromatic heterocycles. The van der Waals surface area contributed by atoms with Gasteiger partial charge in [0.2, 0.25) is 11.2 Å². The average Bonchev–Trinajstić information content (AvgIpc) is 3.31. The average molecular weight is 578 g/mol. The van der Waals surface area contributed by atoms with E-state index in [1.54, 1.807) is 0 Å². The number of hydrogen-bond donors (Lipinski definition) is 0. The number of benzene rings is 5. The van der Waals surface area contributed by atoms with Gasteiger partial charge in [-0.1, -0.05) is 112 Å². The lowest BCUT2D eigenvalue weighted by atomic mass is 9.80. The van der Waals surface area contributed by atoms with Crippen molar-refractivity contribution in [3.8, 4) is 16.9 Å². The third-order valence-electron chi connectivity index (χ3n) is 9.35. The van der Waals surface area contributed by atoms with Crippen molar-refractivity contribution in [1.29, 1.82) is 0 Å². The van der Waals surface area contributed by atoms with Gasteiger partial charge in [0.25, 0.3) is 0 Å². The monoisotopic (exact) mass is 577 g/mol. The predicted molar refractivity (Wildman–Crippen MR) is 189 cm³/mol. The van der Waals surface area contributed by atoms with E-state index in [4.69, 9.17) is 0 Å². The van der Waals surface area contributed by atoms with E-state index in [9.17, 15) is 0 Å². The quantitative estimate of drug-likeness (QED) is 0.146. The zero-order valence-electron chi connectivity index (χ0n) is 26.7. The van der Waals surface area contributed by atoms with E-state index in [2.05, 4.69) is 167 Å². The van der Waals surface area contributed by atoms with Crippen LogP contribution < -0.4 is 9.75 Å². The smallest absolute Gasteiger partial charge is 0.215 e. The maximum atomic E-state index is 2.51. The molecule has 0 amide bonds. The predicted octanol–water partition coefficient (Wildman–Crippen LogP) is 9.73. The molecule has 0 fully saturated rings. The highest BCUT2D eigenvalue weighted by Gasteiger charge is 2.27. The minimum Gasteiger partial charge on any atom is -0.308 e. The third-order valence-corrected chi connectivity index (χ3v) is 11.4. The van der Waals surface area contributed by atoms with E-state index in [-0.39, 0.29) is 5.41 Å². The van der Waals surface area contributed by atoms with Crippen molar-refractivity contribution in [2.45, 2.75) is 52.8 Å². The van der Waals surface area contributed by atoms with E-state index in [0.29, 0.717) is 0 Å². The van der Waals surface area contributed by atoms with Crippen molar-refractivity contribution in [1.82, 2.24) is 4.57 Å². The first-order valence-corrected chi connectivity index (χ1v) is 18.9. The summed E-state index contributed by atoms with van der Waals surface area (Å²) in [5.41, 5.74) is 10.2. The molecule has 0 unspecified atom stereocenters. The Morgan fingerprint density at radius 2 is 1.23 bits per heavy atom. The highest BCUT2D eigenvalue weighted by Crippen LogP contribution is 2.40. The molecule has 5 aromatic carbocycles. The van der Waals surface area contributed by atoms with Crippen LogP contribution in [0.25, 0.3) is 60.4 Å². The molecular weight excluding hydrogens is 537 g/mol. The van der Waals surface area contributed by atoms with Crippen LogP contribution in [0.15, 0.2) is 103 Å². The van der Waals surface area contributed by atoms with Crippen LogP contribution in [0.5, 0.6) is 0 Å². The summed E-state index contributed by atoms with van der Waals surface area (Å²) in [7, 11) is 0.747. The largest absolute Gasteiger partial charge is 0.308 e. The molecule has 0 bridgehead atoms. The summed E-state index contributed by atoms with van der Waals surface area (Å²) < 4.78 is 4.89. The molecule has 0 saturated heterocycles. The number of fused-ring (bicyclic) bond motifs is 5. The van der Waals surface area contributed by atoms with E-state index >= 15 is 0 Å². The Hall–Kier alpha value is -4.21. The van der Waals surface area contributed by atoms with Gasteiger partial charge in [0.1, 0.15) is 7.05 Å². The molecule has 0 radical (unpaired) electrons. The van der Waals surface area contributed by atoms with Crippen LogP contribution in [0.3, 0.4) is 0 Å². The minimum absolute atomic E-state index is 0.0151. The summed E-state index contributed by atoms with van der Waals surface area (Å²) >= 11 is 0. The number of pyridine rings is 1. The lowest BCUT2D eigenvalue weighted by Crippen LogP contribution is -2.37. The van der Waals surface area contributed by atoms with Gasteiger partial charge in [-0.2, -0.15) is 4.57 Å². The molecule has 2 heterocycles. The summed E-state index contributed by atoms with van der Waals surface area (Å²) in [6.07, 6.45) is 0. The van der Waals surface area contributed by atoms with Gasteiger partial charge < -0.3 is 4.57 Å². The summed E-state index contributed by atoms with van der Waals surface area (Å²) in [5.74, 6) is 0. The summed E-state index contributed by atoms with van der Waals surface area (Å²) in [6.45, 7) is 16.6. The van der Waals surface area contributed by atoms with Gasteiger partial charge in [-0.05, 0) is 58.5 Å². The fourth-order valence-corrected chi connectivity index (χ4v) is 8.13. The van der Waals surface area contributed by atoms with E-state index in [1.165, 1.54) is 76.7 Å². The van der Waals surface area contributed by atoms with E-state index < -0.39 is 8.07 Å². The van der Waals surface area contributed by atoms with E-state index in [1.807, 2.05) is 0 Å². The number of aryl methyl sites for hydroxylation is 2. The first-order chi connectivity index (χ1) is 20.4. The number of para-hydroxylation sites is 2. The normalized spacial score (nSPS) is 12.7. The minimum atomic E-state index is -1.47. The Bertz CT molecular complexity index is 2220. The van der Waals surface area contributed by atoms with Crippen LogP contribution in [0.4, 0.5) is 0 Å². The molecule has 7 rings (SSSR count). The standard InChI is InChI=1S/C40H41N2Si/c1-26-28-15-9-10-16-29(28)34(40(2,3)4)24-32(26)38-25-39(31-18-12-13-19-35(31)41(38)5)42-36-20-14-11-17-30(36)33-23-27(43(6,7)8)21-22-37(33)42/h9-25H,1-8H3/q+1. The van der Waals surface area contributed by atoms with Gasteiger partial charge >= 0.3 is 0 Å². The second-order valence-electron chi connectivity index (χ2n) is 14.2. The van der Waals surface area contributed by atoms with Gasteiger partial charge in [-0.3, -0.25) is 0 Å². The van der Waals surface area contributed by atoms with Crippen molar-refractivity contribution in [3.05, 3.63) is 114 Å². The summed E-state index contributed by atoms with van der Waals surface area (Å²) in [5, 5.41) is 8.07. The van der Waals surface area contributed by atoms with Gasteiger partial charge in [-0.25, -0.2) is 0 Å². The molecule has 0 N–H and O–H groups in total. The van der Waals surface area contributed by atoms with Crippen LogP contribution in [0.1, 0.15) is 31.9 Å². The molecule has 0 atom stereocenters. The highest BCUT2D eigenvalue weighted by molar-refractivity contribution is 6.88. The summed E-state index contributed by atoms with van der Waals surface area (Å²) in [6, 6.07) is 38.8. The Kier molecular flexibility index (Phi) is 6.20. The number of aromatic nitrogens is 2. The lowest BCUT2D eigenvalue weighted by Gasteiger charge is -2.24. The van der Waals surface area contributed by atoms with E-state index in [0.717, 1.165) is 0 Å². The zero-order chi connectivity index (χ0) is 30.3. The molecule has 3 heteroatoms. The fourth-order valence-electron chi connectivity index (χ4n) is 6.97. The fraction of sp³-hybridized carbons (Fsp3) is 0.225. The second-order valence-corrected chi connectivity index (χ2v) is 19.3. The van der Waals surface area contributed by atoms with Crippen molar-refractivity contribution < 1.29 is 4.57 Å². The highest BCUT2D eigenvalue weighted by atomic mass is 28.3. The lowest BCUT2D eigenvalue weighted by molar-refractivity contribution is -0.633. The maximum absolute atomic E-state index is 2.51. The van der Waals surface area contributed by atoms with Crippen molar-refractivity contribution in [2.75, 3.05) is 0 Å². The van der Waals surface area contributed by atoms with Crippen LogP contribution in [0.2, 0.25) is 19.6 Å². The third kappa shape index (κ3) is 4.32. The summed E-state index contributed by atoms with van der Waals surface area (Å²) in [4.78, 5) is 0. The van der Waals surface area contributed by atoms with Crippen LogP contribution in [0, 0.1) is 6.92 Å². The van der Waals surface area contributed by atoms with Gasteiger partial charge in [0.05, 0.1) is 35.7 Å². The molecule has 214 valence electrons. The first-order valence-electron chi connectivity index (χ1n) is 15.4.